The molecule has 0 unspecified atom stereocenters. The molecule has 2 heterocycles. The fraction of sp³-hybridized carbons (Fsp3) is 0.684. The van der Waals surface area contributed by atoms with Crippen LogP contribution in [0.25, 0.3) is 0 Å². The second-order valence-corrected chi connectivity index (χ2v) is 6.51. The maximum absolute atomic E-state index is 11.5. The van der Waals surface area contributed by atoms with E-state index in [1.807, 2.05) is 7.05 Å². The van der Waals surface area contributed by atoms with Crippen LogP contribution in [0, 0.1) is 0 Å². The van der Waals surface area contributed by atoms with Crippen molar-refractivity contribution in [3.05, 3.63) is 23.4 Å². The number of hydrogen-bond acceptors (Lipinski definition) is 5. The molecule has 0 bridgehead atoms. The number of anilines is 1. The summed E-state index contributed by atoms with van der Waals surface area (Å²) in [5, 5.41) is 6.41. The first kappa shape index (κ1) is 18.7. The number of aromatic nitrogens is 1. The van der Waals surface area contributed by atoms with E-state index in [4.69, 9.17) is 9.72 Å². The molecular weight excluding hydrogens is 302 g/mol. The maximum Gasteiger partial charge on any atom is 0.322 e. The lowest BCUT2D eigenvalue weighted by Gasteiger charge is -2.17. The Morgan fingerprint density at radius 1 is 1.29 bits per heavy atom. The Hall–Kier alpha value is -1.62. The molecule has 1 aliphatic rings. The SMILES string of the molecule is CN[C@@H](CCCCCCCc1ccc2c(n1)NCCC2)C(=O)OC. The van der Waals surface area contributed by atoms with Gasteiger partial charge >= 0.3 is 5.97 Å². The topological polar surface area (TPSA) is 63.2 Å². The molecule has 1 aromatic heterocycles. The lowest BCUT2D eigenvalue weighted by molar-refractivity contribution is -0.143. The van der Waals surface area contributed by atoms with Crippen molar-refractivity contribution in [3.8, 4) is 0 Å². The van der Waals surface area contributed by atoms with Crippen molar-refractivity contribution >= 4 is 11.8 Å². The zero-order valence-corrected chi connectivity index (χ0v) is 15.1. The van der Waals surface area contributed by atoms with Crippen molar-refractivity contribution in [1.82, 2.24) is 10.3 Å². The van der Waals surface area contributed by atoms with Crippen LogP contribution in [0.2, 0.25) is 0 Å². The lowest BCUT2D eigenvalue weighted by Crippen LogP contribution is -2.34. The molecule has 2 rings (SSSR count). The summed E-state index contributed by atoms with van der Waals surface area (Å²) in [5.41, 5.74) is 2.55. The van der Waals surface area contributed by atoms with Crippen LogP contribution in [0.1, 0.15) is 56.2 Å². The highest BCUT2D eigenvalue weighted by atomic mass is 16.5. The van der Waals surface area contributed by atoms with Crippen LogP contribution in [0.5, 0.6) is 0 Å². The summed E-state index contributed by atoms with van der Waals surface area (Å²) >= 11 is 0. The largest absolute Gasteiger partial charge is 0.468 e. The molecule has 24 heavy (non-hydrogen) atoms. The van der Waals surface area contributed by atoms with Crippen molar-refractivity contribution in [2.24, 2.45) is 0 Å². The summed E-state index contributed by atoms with van der Waals surface area (Å²) in [7, 11) is 3.25. The summed E-state index contributed by atoms with van der Waals surface area (Å²) in [5.74, 6) is 0.935. The van der Waals surface area contributed by atoms with Gasteiger partial charge in [0.1, 0.15) is 11.9 Å². The van der Waals surface area contributed by atoms with Crippen LogP contribution in [-0.4, -0.2) is 37.7 Å². The highest BCUT2D eigenvalue weighted by Crippen LogP contribution is 2.20. The second kappa shape index (κ2) is 10.3. The number of esters is 1. The predicted molar refractivity (Wildman–Crippen MR) is 97.3 cm³/mol. The van der Waals surface area contributed by atoms with Crippen LogP contribution in [0.4, 0.5) is 5.82 Å². The molecule has 0 saturated heterocycles. The first-order chi connectivity index (χ1) is 11.7. The molecule has 134 valence electrons. The van der Waals surface area contributed by atoms with Gasteiger partial charge in [0.25, 0.3) is 0 Å². The monoisotopic (exact) mass is 333 g/mol. The standard InChI is InChI=1S/C19H31N3O2/c1-20-17(19(23)24-2)11-7-5-3-4-6-10-16-13-12-15-9-8-14-21-18(15)22-16/h12-13,17,20H,3-11,14H2,1-2H3,(H,21,22)/t17-/m0/s1. The molecule has 1 atom stereocenters. The molecule has 1 aliphatic heterocycles. The lowest BCUT2D eigenvalue weighted by atomic mass is 10.0. The van der Waals surface area contributed by atoms with Crippen molar-refractivity contribution in [2.45, 2.75) is 63.8 Å². The van der Waals surface area contributed by atoms with Gasteiger partial charge in [0.05, 0.1) is 7.11 Å². The third-order valence-electron chi connectivity index (χ3n) is 4.71. The van der Waals surface area contributed by atoms with Gasteiger partial charge in [-0.1, -0.05) is 31.7 Å². The first-order valence-corrected chi connectivity index (χ1v) is 9.22. The Bertz CT molecular complexity index is 519. The van der Waals surface area contributed by atoms with Crippen LogP contribution in [0.3, 0.4) is 0 Å². The number of nitrogens with one attached hydrogen (secondary N) is 2. The number of rotatable bonds is 10. The Morgan fingerprint density at radius 2 is 2.08 bits per heavy atom. The Labute approximate surface area is 145 Å². The van der Waals surface area contributed by atoms with Gasteiger partial charge in [0, 0.05) is 12.2 Å². The molecule has 5 heteroatoms. The predicted octanol–water partition coefficient (Wildman–Crippen LogP) is 3.08. The smallest absolute Gasteiger partial charge is 0.322 e. The van der Waals surface area contributed by atoms with E-state index < -0.39 is 0 Å². The van der Waals surface area contributed by atoms with E-state index in [9.17, 15) is 4.79 Å². The number of ether oxygens (including phenoxy) is 1. The van der Waals surface area contributed by atoms with Crippen LogP contribution in [0.15, 0.2) is 12.1 Å². The minimum absolute atomic E-state index is 0.162. The van der Waals surface area contributed by atoms with Crippen molar-refractivity contribution in [3.63, 3.8) is 0 Å². The summed E-state index contributed by atoms with van der Waals surface area (Å²) < 4.78 is 4.77. The fourth-order valence-corrected chi connectivity index (χ4v) is 3.22. The molecule has 0 spiro atoms. The van der Waals surface area contributed by atoms with Gasteiger partial charge in [0.15, 0.2) is 0 Å². The van der Waals surface area contributed by atoms with Gasteiger partial charge < -0.3 is 15.4 Å². The minimum Gasteiger partial charge on any atom is -0.468 e. The number of pyridine rings is 1. The van der Waals surface area contributed by atoms with E-state index in [0.717, 1.165) is 44.5 Å². The number of hydrogen-bond donors (Lipinski definition) is 2. The van der Waals surface area contributed by atoms with Gasteiger partial charge in [0.2, 0.25) is 0 Å². The van der Waals surface area contributed by atoms with E-state index in [1.165, 1.54) is 44.1 Å². The zero-order chi connectivity index (χ0) is 17.2. The van der Waals surface area contributed by atoms with Gasteiger partial charge in [-0.25, -0.2) is 4.98 Å². The van der Waals surface area contributed by atoms with Gasteiger partial charge in [-0.05, 0) is 50.8 Å². The molecule has 0 radical (unpaired) electrons. The van der Waals surface area contributed by atoms with Gasteiger partial charge in [-0.3, -0.25) is 4.79 Å². The number of likely N-dealkylation sites (N-methyl/N-ethyl adjacent to an activating group) is 1. The summed E-state index contributed by atoms with van der Waals surface area (Å²) in [6.07, 6.45) is 10.1. The number of carbonyl (C=O) groups is 1. The molecular formula is C19H31N3O2. The first-order valence-electron chi connectivity index (χ1n) is 9.22. The number of aryl methyl sites for hydroxylation is 2. The number of unbranched alkanes of at least 4 members (excludes halogenated alkanes) is 4. The molecule has 0 saturated carbocycles. The van der Waals surface area contributed by atoms with Crippen LogP contribution in [-0.2, 0) is 22.4 Å². The average molecular weight is 333 g/mol. The van der Waals surface area contributed by atoms with Crippen LogP contribution >= 0.6 is 0 Å². The molecule has 2 N–H and O–H groups in total. The highest BCUT2D eigenvalue weighted by Gasteiger charge is 2.15. The third kappa shape index (κ3) is 5.78. The molecule has 5 nitrogen and oxygen atoms in total. The quantitative estimate of drug-likeness (QED) is 0.509. The zero-order valence-electron chi connectivity index (χ0n) is 15.1. The van der Waals surface area contributed by atoms with Crippen molar-refractivity contribution < 1.29 is 9.53 Å². The number of nitrogens with zero attached hydrogens (tertiary/aromatic N) is 1. The highest BCUT2D eigenvalue weighted by molar-refractivity contribution is 5.75. The molecule has 1 aromatic rings. The fourth-order valence-electron chi connectivity index (χ4n) is 3.22. The molecule has 0 amide bonds. The normalized spacial score (nSPS) is 14.6. The number of methoxy groups -OCH3 is 1. The van der Waals surface area contributed by atoms with Crippen molar-refractivity contribution in [2.75, 3.05) is 26.0 Å². The van der Waals surface area contributed by atoms with Crippen LogP contribution < -0.4 is 10.6 Å². The van der Waals surface area contributed by atoms with Gasteiger partial charge in [-0.15, -0.1) is 0 Å². The molecule has 0 aliphatic carbocycles. The van der Waals surface area contributed by atoms with Crippen molar-refractivity contribution in [1.29, 1.82) is 0 Å². The summed E-state index contributed by atoms with van der Waals surface area (Å²) in [4.78, 5) is 16.2. The summed E-state index contributed by atoms with van der Waals surface area (Å²) in [6, 6.07) is 4.25. The molecule has 0 aromatic carbocycles. The van der Waals surface area contributed by atoms with Gasteiger partial charge in [-0.2, -0.15) is 0 Å². The molecule has 0 fully saturated rings. The maximum atomic E-state index is 11.5. The Kier molecular flexibility index (Phi) is 8.02. The number of carbonyl (C=O) groups excluding carboxylic acids is 1. The van der Waals surface area contributed by atoms with E-state index in [1.54, 1.807) is 0 Å². The third-order valence-corrected chi connectivity index (χ3v) is 4.71. The average Bonchev–Trinajstić information content (AvgIpc) is 2.63. The Balaban J connectivity index is 1.57. The second-order valence-electron chi connectivity index (χ2n) is 6.51. The van der Waals surface area contributed by atoms with E-state index in [-0.39, 0.29) is 12.0 Å². The Morgan fingerprint density at radius 3 is 2.88 bits per heavy atom. The number of fused-ring (bicyclic) bond motifs is 1. The van der Waals surface area contributed by atoms with E-state index >= 15 is 0 Å². The van der Waals surface area contributed by atoms with E-state index in [0.29, 0.717) is 0 Å². The minimum atomic E-state index is -0.165. The van der Waals surface area contributed by atoms with E-state index in [2.05, 4.69) is 22.8 Å². The summed E-state index contributed by atoms with van der Waals surface area (Å²) in [6.45, 7) is 1.04.